The molecule has 94 valence electrons. The Morgan fingerprint density at radius 1 is 1.29 bits per heavy atom. The lowest BCUT2D eigenvalue weighted by atomic mass is 9.65. The van der Waals surface area contributed by atoms with E-state index in [1.807, 2.05) is 0 Å². The van der Waals surface area contributed by atoms with Crippen molar-refractivity contribution < 1.29 is 4.74 Å². The Labute approximate surface area is 104 Å². The lowest BCUT2D eigenvalue weighted by Crippen LogP contribution is -2.59. The molecular formula is C15H23NO. The summed E-state index contributed by atoms with van der Waals surface area (Å²) in [6.45, 7) is 5.24. The molecule has 2 nitrogen and oxygen atoms in total. The first-order chi connectivity index (χ1) is 8.10. The summed E-state index contributed by atoms with van der Waals surface area (Å²) in [5, 5.41) is 0. The summed E-state index contributed by atoms with van der Waals surface area (Å²) in [5.41, 5.74) is 7.51. The molecule has 0 radical (unpaired) electrons. The molecule has 2 heteroatoms. The molecule has 0 heterocycles. The van der Waals surface area contributed by atoms with Crippen molar-refractivity contribution >= 4 is 0 Å². The van der Waals surface area contributed by atoms with Crippen molar-refractivity contribution in [3.63, 3.8) is 0 Å². The van der Waals surface area contributed by atoms with E-state index in [1.165, 1.54) is 5.56 Å². The molecule has 0 aliphatic heterocycles. The van der Waals surface area contributed by atoms with Crippen molar-refractivity contribution in [2.24, 2.45) is 11.1 Å². The van der Waals surface area contributed by atoms with Crippen LogP contribution in [-0.2, 0) is 11.2 Å². The standard InChI is InChI=1S/C15H23NO/c1-15(2)13(16)11-14(15)17-10-6-9-12-7-4-3-5-8-12/h3-5,7-8,13-14H,6,9-11,16H2,1-2H3. The van der Waals surface area contributed by atoms with Crippen molar-refractivity contribution in [1.82, 2.24) is 0 Å². The number of hydrogen-bond acceptors (Lipinski definition) is 2. The predicted molar refractivity (Wildman–Crippen MR) is 70.9 cm³/mol. The average molecular weight is 233 g/mol. The van der Waals surface area contributed by atoms with E-state index in [2.05, 4.69) is 44.2 Å². The molecule has 17 heavy (non-hydrogen) atoms. The van der Waals surface area contributed by atoms with Crippen molar-refractivity contribution in [2.75, 3.05) is 6.61 Å². The smallest absolute Gasteiger partial charge is 0.0655 e. The molecule has 0 amide bonds. The molecule has 0 saturated heterocycles. The van der Waals surface area contributed by atoms with Gasteiger partial charge in [0.25, 0.3) is 0 Å². The molecule has 0 aromatic heterocycles. The van der Waals surface area contributed by atoms with Crippen LogP contribution in [0.5, 0.6) is 0 Å². The van der Waals surface area contributed by atoms with Gasteiger partial charge in [-0.05, 0) is 24.8 Å². The maximum atomic E-state index is 5.96. The van der Waals surface area contributed by atoms with Gasteiger partial charge in [0, 0.05) is 18.1 Å². The van der Waals surface area contributed by atoms with E-state index < -0.39 is 0 Å². The Bertz CT molecular complexity index is 347. The average Bonchev–Trinajstić information content (AvgIpc) is 2.34. The topological polar surface area (TPSA) is 35.2 Å². The van der Waals surface area contributed by atoms with Gasteiger partial charge in [-0.15, -0.1) is 0 Å². The summed E-state index contributed by atoms with van der Waals surface area (Å²) in [7, 11) is 0. The molecule has 2 atom stereocenters. The van der Waals surface area contributed by atoms with Crippen LogP contribution in [0.3, 0.4) is 0 Å². The van der Waals surface area contributed by atoms with Crippen molar-refractivity contribution in [3.05, 3.63) is 35.9 Å². The molecule has 2 unspecified atom stereocenters. The highest BCUT2D eigenvalue weighted by atomic mass is 16.5. The van der Waals surface area contributed by atoms with E-state index in [-0.39, 0.29) is 5.41 Å². The van der Waals surface area contributed by atoms with Crippen LogP contribution in [0.2, 0.25) is 0 Å². The van der Waals surface area contributed by atoms with E-state index in [4.69, 9.17) is 10.5 Å². The van der Waals surface area contributed by atoms with Crippen LogP contribution < -0.4 is 5.73 Å². The highest BCUT2D eigenvalue weighted by Crippen LogP contribution is 2.41. The van der Waals surface area contributed by atoms with E-state index >= 15 is 0 Å². The van der Waals surface area contributed by atoms with E-state index in [0.29, 0.717) is 12.1 Å². The molecule has 1 aromatic carbocycles. The number of ether oxygens (including phenoxy) is 1. The normalized spacial score (nSPS) is 26.5. The SMILES string of the molecule is CC1(C)C(N)CC1OCCCc1ccccc1. The van der Waals surface area contributed by atoms with Gasteiger partial charge in [0.05, 0.1) is 6.10 Å². The van der Waals surface area contributed by atoms with Crippen molar-refractivity contribution in [3.8, 4) is 0 Å². The summed E-state index contributed by atoms with van der Waals surface area (Å²) in [4.78, 5) is 0. The third-order valence-corrected chi connectivity index (χ3v) is 4.03. The van der Waals surface area contributed by atoms with Crippen LogP contribution in [0.4, 0.5) is 0 Å². The Morgan fingerprint density at radius 3 is 2.59 bits per heavy atom. The van der Waals surface area contributed by atoms with Crippen molar-refractivity contribution in [1.29, 1.82) is 0 Å². The van der Waals surface area contributed by atoms with Crippen LogP contribution in [0, 0.1) is 5.41 Å². The van der Waals surface area contributed by atoms with Crippen LogP contribution in [0.25, 0.3) is 0 Å². The van der Waals surface area contributed by atoms with Gasteiger partial charge < -0.3 is 10.5 Å². The molecule has 0 bridgehead atoms. The van der Waals surface area contributed by atoms with Crippen LogP contribution >= 0.6 is 0 Å². The largest absolute Gasteiger partial charge is 0.378 e. The Morgan fingerprint density at radius 2 is 2.00 bits per heavy atom. The molecule has 1 fully saturated rings. The molecule has 1 aliphatic rings. The fourth-order valence-electron chi connectivity index (χ4n) is 2.35. The van der Waals surface area contributed by atoms with Gasteiger partial charge in [0.2, 0.25) is 0 Å². The molecule has 2 N–H and O–H groups in total. The van der Waals surface area contributed by atoms with Gasteiger partial charge in [-0.25, -0.2) is 0 Å². The van der Waals surface area contributed by atoms with E-state index in [0.717, 1.165) is 25.9 Å². The Kier molecular flexibility index (Phi) is 3.85. The zero-order chi connectivity index (χ0) is 12.3. The molecule has 1 aromatic rings. The van der Waals surface area contributed by atoms with Gasteiger partial charge in [-0.1, -0.05) is 44.2 Å². The minimum atomic E-state index is 0.159. The maximum absolute atomic E-state index is 5.96. The maximum Gasteiger partial charge on any atom is 0.0655 e. The summed E-state index contributed by atoms with van der Waals surface area (Å²) in [6, 6.07) is 10.9. The molecule has 1 aliphatic carbocycles. The zero-order valence-corrected chi connectivity index (χ0v) is 10.9. The van der Waals surface area contributed by atoms with Gasteiger partial charge in [0.1, 0.15) is 0 Å². The number of hydrogen-bond donors (Lipinski definition) is 1. The lowest BCUT2D eigenvalue weighted by molar-refractivity contribution is -0.108. The summed E-state index contributed by atoms with van der Waals surface area (Å²) in [6.07, 6.45) is 3.55. The zero-order valence-electron chi connectivity index (χ0n) is 10.9. The fourth-order valence-corrected chi connectivity index (χ4v) is 2.35. The molecule has 1 saturated carbocycles. The summed E-state index contributed by atoms with van der Waals surface area (Å²) < 4.78 is 5.91. The number of rotatable bonds is 5. The van der Waals surface area contributed by atoms with Gasteiger partial charge in [-0.2, -0.15) is 0 Å². The quantitative estimate of drug-likeness (QED) is 0.794. The molecule has 0 spiro atoms. The first-order valence-corrected chi connectivity index (χ1v) is 6.52. The summed E-state index contributed by atoms with van der Waals surface area (Å²) >= 11 is 0. The van der Waals surface area contributed by atoms with Gasteiger partial charge >= 0.3 is 0 Å². The number of benzene rings is 1. The minimum Gasteiger partial charge on any atom is -0.378 e. The van der Waals surface area contributed by atoms with Crippen LogP contribution in [-0.4, -0.2) is 18.8 Å². The third kappa shape index (κ3) is 2.88. The Hall–Kier alpha value is -0.860. The van der Waals surface area contributed by atoms with Gasteiger partial charge in [0.15, 0.2) is 0 Å². The monoisotopic (exact) mass is 233 g/mol. The third-order valence-electron chi connectivity index (χ3n) is 4.03. The number of nitrogens with two attached hydrogens (primary N) is 1. The molecule has 2 rings (SSSR count). The second-order valence-electron chi connectivity index (χ2n) is 5.61. The van der Waals surface area contributed by atoms with E-state index in [9.17, 15) is 0 Å². The Balaban J connectivity index is 1.65. The molecular weight excluding hydrogens is 210 g/mol. The number of aryl methyl sites for hydroxylation is 1. The van der Waals surface area contributed by atoms with Crippen LogP contribution in [0.1, 0.15) is 32.3 Å². The van der Waals surface area contributed by atoms with Crippen LogP contribution in [0.15, 0.2) is 30.3 Å². The van der Waals surface area contributed by atoms with Gasteiger partial charge in [-0.3, -0.25) is 0 Å². The minimum absolute atomic E-state index is 0.159. The first kappa shape index (κ1) is 12.6. The van der Waals surface area contributed by atoms with Crippen molar-refractivity contribution in [2.45, 2.75) is 45.3 Å². The first-order valence-electron chi connectivity index (χ1n) is 6.52. The summed E-state index contributed by atoms with van der Waals surface area (Å²) in [5.74, 6) is 0. The lowest BCUT2D eigenvalue weighted by Gasteiger charge is -2.49. The fraction of sp³-hybridized carbons (Fsp3) is 0.600. The highest BCUT2D eigenvalue weighted by Gasteiger charge is 2.46. The second-order valence-corrected chi connectivity index (χ2v) is 5.61. The highest BCUT2D eigenvalue weighted by molar-refractivity contribution is 5.14. The predicted octanol–water partition coefficient (Wildman–Crippen LogP) is 2.76. The van der Waals surface area contributed by atoms with E-state index in [1.54, 1.807) is 0 Å². The second kappa shape index (κ2) is 5.19.